The fourth-order valence-corrected chi connectivity index (χ4v) is 3.04. The van der Waals surface area contributed by atoms with Crippen LogP contribution in [0.15, 0.2) is 53.0 Å². The zero-order valence-corrected chi connectivity index (χ0v) is 13.1. The maximum atomic E-state index is 12.2. The van der Waals surface area contributed by atoms with Gasteiger partial charge in [-0.25, -0.2) is 0 Å². The molecule has 1 amide bonds. The lowest BCUT2D eigenvalue weighted by atomic mass is 9.97. The van der Waals surface area contributed by atoms with E-state index in [0.717, 1.165) is 10.9 Å². The molecule has 2 aromatic rings. The van der Waals surface area contributed by atoms with E-state index in [1.165, 1.54) is 11.1 Å². The Hall–Kier alpha value is -1.65. The molecule has 1 aliphatic heterocycles. The number of amides is 1. The van der Waals surface area contributed by atoms with Gasteiger partial charge in [-0.1, -0.05) is 36.4 Å². The Balaban J connectivity index is 1.69. The molecule has 0 radical (unpaired) electrons. The Morgan fingerprint density at radius 1 is 1.19 bits per heavy atom. The zero-order valence-electron chi connectivity index (χ0n) is 11.5. The molecule has 0 aromatic heterocycles. The molecule has 0 spiro atoms. The van der Waals surface area contributed by atoms with Gasteiger partial charge >= 0.3 is 0 Å². The van der Waals surface area contributed by atoms with Crippen LogP contribution in [0.2, 0.25) is 0 Å². The Labute approximate surface area is 132 Å². The van der Waals surface area contributed by atoms with Gasteiger partial charge in [-0.2, -0.15) is 0 Å². The molecule has 0 bridgehead atoms. The summed E-state index contributed by atoms with van der Waals surface area (Å²) < 4.78 is 6.59. The first-order valence-electron chi connectivity index (χ1n) is 6.98. The number of hydrogen-bond donors (Lipinski definition) is 1. The van der Waals surface area contributed by atoms with Crippen LogP contribution < -0.4 is 5.32 Å². The lowest BCUT2D eigenvalue weighted by Crippen LogP contribution is -2.32. The minimum atomic E-state index is -0.0888. The van der Waals surface area contributed by atoms with Gasteiger partial charge in [0.2, 0.25) is 0 Å². The topological polar surface area (TPSA) is 38.3 Å². The summed E-state index contributed by atoms with van der Waals surface area (Å²) in [5.41, 5.74) is 3.13. The third-order valence-corrected chi connectivity index (χ3v) is 4.35. The number of carbonyl (C=O) groups is 1. The molecule has 0 unspecified atom stereocenters. The fraction of sp³-hybridized carbons (Fsp3) is 0.235. The summed E-state index contributed by atoms with van der Waals surface area (Å²) in [6.07, 6.45) is 0.867. The van der Waals surface area contributed by atoms with E-state index in [2.05, 4.69) is 33.4 Å². The molecular weight excluding hydrogens is 330 g/mol. The molecule has 1 N–H and O–H groups in total. The molecular formula is C17H16BrNO2. The fourth-order valence-electron chi connectivity index (χ4n) is 2.57. The maximum absolute atomic E-state index is 12.2. The van der Waals surface area contributed by atoms with E-state index < -0.39 is 0 Å². The molecule has 1 aliphatic rings. The number of benzene rings is 2. The van der Waals surface area contributed by atoms with Crippen LogP contribution in [0, 0.1) is 0 Å². The summed E-state index contributed by atoms with van der Waals surface area (Å²) in [6.45, 7) is 1.18. The van der Waals surface area contributed by atoms with Gasteiger partial charge in [0.1, 0.15) is 6.10 Å². The van der Waals surface area contributed by atoms with Gasteiger partial charge in [0.15, 0.2) is 0 Å². The molecule has 1 atom stereocenters. The van der Waals surface area contributed by atoms with Crippen LogP contribution in [0.5, 0.6) is 0 Å². The summed E-state index contributed by atoms with van der Waals surface area (Å²) in [6, 6.07) is 15.7. The summed E-state index contributed by atoms with van der Waals surface area (Å²) in [5, 5.41) is 2.96. The second-order valence-corrected chi connectivity index (χ2v) is 5.85. The van der Waals surface area contributed by atoms with E-state index in [1.54, 1.807) is 6.07 Å². The molecule has 1 heterocycles. The molecule has 3 rings (SSSR count). The smallest absolute Gasteiger partial charge is 0.252 e. The number of halogens is 1. The number of nitrogens with one attached hydrogen (secondary N) is 1. The summed E-state index contributed by atoms with van der Waals surface area (Å²) in [7, 11) is 0. The van der Waals surface area contributed by atoms with E-state index in [9.17, 15) is 4.79 Å². The molecule has 2 aromatic carbocycles. The summed E-state index contributed by atoms with van der Waals surface area (Å²) in [4.78, 5) is 12.2. The predicted octanol–water partition coefficient (Wildman–Crippen LogP) is 3.49. The van der Waals surface area contributed by atoms with E-state index >= 15 is 0 Å². The Morgan fingerprint density at radius 3 is 2.81 bits per heavy atom. The van der Waals surface area contributed by atoms with E-state index in [4.69, 9.17) is 4.74 Å². The highest BCUT2D eigenvalue weighted by atomic mass is 79.9. The van der Waals surface area contributed by atoms with Gasteiger partial charge in [0.25, 0.3) is 5.91 Å². The standard InChI is InChI=1S/C17H16BrNO2/c18-15-8-4-3-7-14(15)17(20)19-11-16-13-6-2-1-5-12(13)9-10-21-16/h1-8,16H,9-11H2,(H,19,20)/t16-/m0/s1. The Bertz CT molecular complexity index is 657. The molecule has 0 fully saturated rings. The molecule has 0 saturated heterocycles. The van der Waals surface area contributed by atoms with Crippen molar-refractivity contribution in [2.75, 3.05) is 13.2 Å². The van der Waals surface area contributed by atoms with Gasteiger partial charge in [0.05, 0.1) is 12.2 Å². The van der Waals surface area contributed by atoms with Crippen molar-refractivity contribution in [2.45, 2.75) is 12.5 Å². The minimum absolute atomic E-state index is 0.0682. The van der Waals surface area contributed by atoms with Gasteiger partial charge < -0.3 is 10.1 Å². The first kappa shape index (κ1) is 14.3. The van der Waals surface area contributed by atoms with Crippen molar-refractivity contribution < 1.29 is 9.53 Å². The van der Waals surface area contributed by atoms with Crippen LogP contribution in [0.3, 0.4) is 0 Å². The largest absolute Gasteiger partial charge is 0.371 e. The molecule has 3 nitrogen and oxygen atoms in total. The predicted molar refractivity (Wildman–Crippen MR) is 85.3 cm³/mol. The Morgan fingerprint density at radius 2 is 1.95 bits per heavy atom. The third-order valence-electron chi connectivity index (χ3n) is 3.66. The highest BCUT2D eigenvalue weighted by Gasteiger charge is 2.21. The van der Waals surface area contributed by atoms with Gasteiger partial charge in [-0.05, 0) is 45.6 Å². The van der Waals surface area contributed by atoms with Gasteiger partial charge in [-0.15, -0.1) is 0 Å². The molecule has 21 heavy (non-hydrogen) atoms. The second-order valence-electron chi connectivity index (χ2n) is 5.00. The van der Waals surface area contributed by atoms with Gasteiger partial charge in [0, 0.05) is 11.0 Å². The molecule has 0 saturated carbocycles. The van der Waals surface area contributed by atoms with Crippen molar-refractivity contribution in [3.63, 3.8) is 0 Å². The number of rotatable bonds is 3. The van der Waals surface area contributed by atoms with Crippen molar-refractivity contribution in [1.29, 1.82) is 0 Å². The average molecular weight is 346 g/mol. The summed E-state index contributed by atoms with van der Waals surface area (Å²) in [5.74, 6) is -0.0888. The number of fused-ring (bicyclic) bond motifs is 1. The van der Waals surface area contributed by atoms with E-state index in [0.29, 0.717) is 18.7 Å². The SMILES string of the molecule is O=C(NC[C@@H]1OCCc2ccccc21)c1ccccc1Br. The van der Waals surface area contributed by atoms with Crippen molar-refractivity contribution >= 4 is 21.8 Å². The highest BCUT2D eigenvalue weighted by molar-refractivity contribution is 9.10. The molecule has 0 aliphatic carbocycles. The van der Waals surface area contributed by atoms with Crippen molar-refractivity contribution in [3.05, 3.63) is 69.7 Å². The third kappa shape index (κ3) is 3.17. The lowest BCUT2D eigenvalue weighted by Gasteiger charge is -2.26. The normalized spacial score (nSPS) is 17.1. The van der Waals surface area contributed by atoms with Crippen molar-refractivity contribution in [2.24, 2.45) is 0 Å². The van der Waals surface area contributed by atoms with Crippen molar-refractivity contribution in [1.82, 2.24) is 5.32 Å². The van der Waals surface area contributed by atoms with Gasteiger partial charge in [-0.3, -0.25) is 4.79 Å². The van der Waals surface area contributed by atoms with Crippen molar-refractivity contribution in [3.8, 4) is 0 Å². The first-order chi connectivity index (χ1) is 10.3. The van der Waals surface area contributed by atoms with E-state index in [-0.39, 0.29) is 12.0 Å². The highest BCUT2D eigenvalue weighted by Crippen LogP contribution is 2.26. The van der Waals surface area contributed by atoms with Crippen LogP contribution in [0.1, 0.15) is 27.6 Å². The first-order valence-corrected chi connectivity index (χ1v) is 7.77. The van der Waals surface area contributed by atoms with Crippen LogP contribution in [0.25, 0.3) is 0 Å². The van der Waals surface area contributed by atoms with Crippen LogP contribution >= 0.6 is 15.9 Å². The molecule has 4 heteroatoms. The van der Waals surface area contributed by atoms with E-state index in [1.807, 2.05) is 30.3 Å². The number of hydrogen-bond acceptors (Lipinski definition) is 2. The Kier molecular flexibility index (Phi) is 4.36. The van der Waals surface area contributed by atoms with Crippen LogP contribution in [-0.2, 0) is 11.2 Å². The maximum Gasteiger partial charge on any atom is 0.252 e. The average Bonchev–Trinajstić information content (AvgIpc) is 2.53. The second kappa shape index (κ2) is 6.41. The number of ether oxygens (including phenoxy) is 1. The molecule has 108 valence electrons. The minimum Gasteiger partial charge on any atom is -0.371 e. The quantitative estimate of drug-likeness (QED) is 0.924. The van der Waals surface area contributed by atoms with Crippen LogP contribution in [-0.4, -0.2) is 19.1 Å². The number of carbonyl (C=O) groups excluding carboxylic acids is 1. The zero-order chi connectivity index (χ0) is 14.7. The summed E-state index contributed by atoms with van der Waals surface area (Å²) >= 11 is 3.40. The monoisotopic (exact) mass is 345 g/mol. The lowest BCUT2D eigenvalue weighted by molar-refractivity contribution is 0.0411. The van der Waals surface area contributed by atoms with Crippen LogP contribution in [0.4, 0.5) is 0 Å².